The topological polar surface area (TPSA) is 48.8 Å². The molecule has 0 saturated carbocycles. The van der Waals surface area contributed by atoms with E-state index in [9.17, 15) is 0 Å². The van der Waals surface area contributed by atoms with Gasteiger partial charge in [-0.15, -0.1) is 29.7 Å². The fourth-order valence-electron chi connectivity index (χ4n) is 7.12. The van der Waals surface area contributed by atoms with E-state index in [0.717, 1.165) is 27.5 Å². The number of aromatic nitrogens is 5. The Morgan fingerprint density at radius 1 is 0.655 bits per heavy atom. The number of rotatable bonds is 7. The van der Waals surface area contributed by atoms with Crippen LogP contribution < -0.4 is 9.30 Å². The third kappa shape index (κ3) is 6.59. The zero-order chi connectivity index (χ0) is 47.2. The van der Waals surface area contributed by atoms with Crippen LogP contribution in [0, 0.1) is 18.5 Å². The maximum absolute atomic E-state index is 8.98. The first-order chi connectivity index (χ1) is 32.0. The van der Waals surface area contributed by atoms with Gasteiger partial charge >= 0.3 is 0 Å². The summed E-state index contributed by atoms with van der Waals surface area (Å²) < 4.78 is 98.5. The molecule has 10 rings (SSSR count). The third-order valence-corrected chi connectivity index (χ3v) is 9.74. The van der Waals surface area contributed by atoms with Gasteiger partial charge in [-0.05, 0) is 45.5 Å². The molecule has 7 aromatic carbocycles. The Bertz CT molecular complexity index is 3550. The van der Waals surface area contributed by atoms with Crippen molar-refractivity contribution in [2.75, 3.05) is 0 Å². The van der Waals surface area contributed by atoms with Gasteiger partial charge in [-0.2, -0.15) is 18.2 Å². The quantitative estimate of drug-likeness (QED) is 0.118. The second-order valence-electron chi connectivity index (χ2n) is 14.4. The van der Waals surface area contributed by atoms with Crippen molar-refractivity contribution in [1.82, 2.24) is 19.1 Å². The first-order valence-electron chi connectivity index (χ1n) is 23.3. The maximum Gasteiger partial charge on any atom is 0.268 e. The van der Waals surface area contributed by atoms with Gasteiger partial charge in [0.15, 0.2) is 0 Å². The van der Waals surface area contributed by atoms with Crippen LogP contribution in [0.1, 0.15) is 40.2 Å². The van der Waals surface area contributed by atoms with Gasteiger partial charge in [-0.1, -0.05) is 147 Å². The first-order valence-corrected chi connectivity index (χ1v) is 18.3. The summed E-state index contributed by atoms with van der Waals surface area (Å²) >= 11 is 0. The summed E-state index contributed by atoms with van der Waals surface area (Å²) in [7, 11) is 0. The number of fused-ring (bicyclic) bond motifs is 4. The van der Waals surface area contributed by atoms with Gasteiger partial charge in [-0.25, -0.2) is 9.97 Å². The minimum Gasteiger partial charge on any atom is -0.510 e. The van der Waals surface area contributed by atoms with Crippen LogP contribution in [0.25, 0.3) is 72.4 Å². The van der Waals surface area contributed by atoms with Crippen molar-refractivity contribution in [3.05, 3.63) is 194 Å². The molecule has 6 nitrogen and oxygen atoms in total. The van der Waals surface area contributed by atoms with Crippen molar-refractivity contribution in [1.29, 1.82) is 0 Å². The average Bonchev–Trinajstić information content (AvgIpc) is 3.87. The van der Waals surface area contributed by atoms with Gasteiger partial charge in [0.05, 0.1) is 36.1 Å². The zero-order valence-corrected chi connectivity index (χ0v) is 33.6. The number of nitrogens with zero attached hydrogens (tertiary/aromatic N) is 5. The fourth-order valence-corrected chi connectivity index (χ4v) is 7.12. The molecular formula is C51H37N5OPt-2. The van der Waals surface area contributed by atoms with Crippen molar-refractivity contribution in [2.45, 2.75) is 26.2 Å². The molecule has 0 fully saturated rings. The summed E-state index contributed by atoms with van der Waals surface area (Å²) in [4.78, 5) is 9.65. The minimum absolute atomic E-state index is 0. The van der Waals surface area contributed by atoms with Gasteiger partial charge in [0, 0.05) is 49.7 Å². The molecule has 0 N–H and O–H groups in total. The van der Waals surface area contributed by atoms with E-state index < -0.39 is 60.4 Å². The Hall–Kier alpha value is -6.62. The molecule has 0 aliphatic heterocycles. The average molecular weight is 941 g/mol. The zero-order valence-electron chi connectivity index (χ0n) is 41.4. The molecule has 0 bridgehead atoms. The normalized spacial score (nSPS) is 14.0. The van der Waals surface area contributed by atoms with Crippen molar-refractivity contribution in [2.24, 2.45) is 0 Å². The maximum atomic E-state index is 8.98. The monoisotopic (exact) mass is 940 g/mol. The first kappa shape index (κ1) is 27.1. The predicted octanol–water partition coefficient (Wildman–Crippen LogP) is 11.6. The van der Waals surface area contributed by atoms with Crippen LogP contribution in [0.5, 0.6) is 11.5 Å². The number of imidazole rings is 1. The molecule has 0 aliphatic rings. The van der Waals surface area contributed by atoms with E-state index in [-0.39, 0.29) is 54.4 Å². The van der Waals surface area contributed by atoms with Crippen molar-refractivity contribution < 1.29 is 44.1 Å². The fraction of sp³-hybridized carbons (Fsp3) is 0.0784. The molecule has 284 valence electrons. The van der Waals surface area contributed by atoms with Crippen LogP contribution in [0.2, 0.25) is 0 Å². The van der Waals surface area contributed by atoms with Crippen LogP contribution in [0.3, 0.4) is 0 Å². The molecule has 0 atom stereocenters. The number of hydrogen-bond acceptors (Lipinski definition) is 3. The molecule has 3 heterocycles. The Morgan fingerprint density at radius 3 is 2.03 bits per heavy atom. The summed E-state index contributed by atoms with van der Waals surface area (Å²) in [6.07, 6.45) is 5.15. The standard InChI is InChI=1S/C51H37N5O.Pt/c1-51(2,3)48-30-31-52-50(53-48)56-44-25-11-10-22-42(44)43-29-28-39(33-47(43)56)57-38-21-14-20-37(32-38)54-34-55(46-27-13-12-26-45(46)54)49-40(35-16-6-4-7-17-35)23-15-24-41(49)36-18-8-5-9-19-36;/h4-31H,1-3H3;/q-2;/i4D,5D,6D,7D,8D,9D,16D,17D,18D,19D;. The Morgan fingerprint density at radius 2 is 1.31 bits per heavy atom. The largest absolute Gasteiger partial charge is 0.510 e. The van der Waals surface area contributed by atoms with Gasteiger partial charge in [0.1, 0.15) is 0 Å². The number of hydrogen-bond donors (Lipinski definition) is 0. The Labute approximate surface area is 366 Å². The molecular weight excluding hydrogens is 894 g/mol. The van der Waals surface area contributed by atoms with Crippen molar-refractivity contribution in [3.8, 4) is 51.1 Å². The van der Waals surface area contributed by atoms with Gasteiger partial charge in [-0.3, -0.25) is 4.57 Å². The van der Waals surface area contributed by atoms with Gasteiger partial charge in [0.2, 0.25) is 5.95 Å². The second kappa shape index (κ2) is 15.0. The molecule has 7 heteroatoms. The van der Waals surface area contributed by atoms with E-state index in [1.54, 1.807) is 57.8 Å². The number of ether oxygens (including phenoxy) is 1. The van der Waals surface area contributed by atoms with E-state index in [1.807, 2.05) is 65.2 Å². The molecule has 0 unspecified atom stereocenters. The summed E-state index contributed by atoms with van der Waals surface area (Å²) in [6, 6.07) is 32.7. The van der Waals surface area contributed by atoms with Crippen molar-refractivity contribution >= 4 is 32.8 Å². The summed E-state index contributed by atoms with van der Waals surface area (Å²) in [5.74, 6) is 1.26. The summed E-state index contributed by atoms with van der Waals surface area (Å²) in [6.45, 7) is 6.31. The summed E-state index contributed by atoms with van der Waals surface area (Å²) in [5, 5.41) is 1.94. The van der Waals surface area contributed by atoms with Crippen LogP contribution >= 0.6 is 0 Å². The molecule has 0 amide bonds. The Balaban J connectivity index is 0.00000578. The SMILES string of the molecule is [2H]c1c([2H])c([2H])c(-c2cccc(-c3c([2H])c([2H])c([2H])c([2H])c3[2H])c2-[n+]2[c-]n(-c3[c-]c(Oc4[c-]c5c(cc4)c4ccccc4n5-c4nccc(C(C)(C)C)n4)ccc3)c3ccccc32)c([2H])c1[2H].[Pt]. The van der Waals surface area contributed by atoms with Crippen LogP contribution in [0.15, 0.2) is 170 Å². The van der Waals surface area contributed by atoms with E-state index >= 15 is 0 Å². The van der Waals surface area contributed by atoms with Gasteiger partial charge < -0.3 is 13.9 Å². The van der Waals surface area contributed by atoms with Crippen molar-refractivity contribution in [3.63, 3.8) is 0 Å². The van der Waals surface area contributed by atoms with Crippen LogP contribution in [-0.4, -0.2) is 19.1 Å². The van der Waals surface area contributed by atoms with E-state index in [2.05, 4.69) is 44.2 Å². The van der Waals surface area contributed by atoms with Crippen LogP contribution in [0.4, 0.5) is 0 Å². The third-order valence-electron chi connectivity index (χ3n) is 9.74. The van der Waals surface area contributed by atoms with Crippen LogP contribution in [-0.2, 0) is 26.5 Å². The molecule has 0 spiro atoms. The Kier molecular flexibility index (Phi) is 7.02. The molecule has 58 heavy (non-hydrogen) atoms. The molecule has 3 aromatic heterocycles. The summed E-state index contributed by atoms with van der Waals surface area (Å²) in [5.41, 5.74) is 4.10. The second-order valence-corrected chi connectivity index (χ2v) is 14.4. The molecule has 10 aromatic rings. The number of para-hydroxylation sites is 4. The molecule has 0 saturated heterocycles. The molecule has 0 aliphatic carbocycles. The smallest absolute Gasteiger partial charge is 0.268 e. The minimum atomic E-state index is -0.574. The predicted molar refractivity (Wildman–Crippen MR) is 227 cm³/mol. The van der Waals surface area contributed by atoms with Gasteiger partial charge in [0.25, 0.3) is 6.33 Å². The molecule has 0 radical (unpaired) electrons. The van der Waals surface area contributed by atoms with E-state index in [4.69, 9.17) is 23.4 Å². The van der Waals surface area contributed by atoms with E-state index in [0.29, 0.717) is 34.2 Å². The number of benzene rings is 7. The van der Waals surface area contributed by atoms with E-state index in [1.165, 1.54) is 0 Å².